The molecule has 2 N–H and O–H groups in total. The van der Waals surface area contributed by atoms with E-state index in [0.717, 1.165) is 71.9 Å². The number of carbonyl (C=O) groups excluding carboxylic acids is 4. The summed E-state index contributed by atoms with van der Waals surface area (Å²) in [5.74, 6) is 1.17. The number of ether oxygens (including phenoxy) is 3. The van der Waals surface area contributed by atoms with Crippen LogP contribution in [0.15, 0.2) is 40.8 Å². The number of nitrogens with one attached hydrogen (secondary N) is 1. The molecule has 54 heavy (non-hydrogen) atoms. The van der Waals surface area contributed by atoms with E-state index in [1.165, 1.54) is 42.9 Å². The van der Waals surface area contributed by atoms with Crippen LogP contribution in [0.1, 0.15) is 147 Å². The smallest absolute Gasteiger partial charge is 0.412 e. The number of aliphatic hydroxyl groups excluding tert-OH is 1. The zero-order chi connectivity index (χ0) is 38.8. The summed E-state index contributed by atoms with van der Waals surface area (Å²) in [5.41, 5.74) is 7.94. The van der Waals surface area contributed by atoms with Crippen molar-refractivity contribution in [1.29, 1.82) is 0 Å². The van der Waals surface area contributed by atoms with Gasteiger partial charge >= 0.3 is 18.0 Å². The number of hydrogen-bond acceptors (Lipinski definition) is 9. The van der Waals surface area contributed by atoms with Gasteiger partial charge in [0, 0.05) is 13.1 Å². The van der Waals surface area contributed by atoms with Crippen molar-refractivity contribution in [2.75, 3.05) is 13.1 Å². The molecule has 10 heteroatoms. The van der Waals surface area contributed by atoms with Gasteiger partial charge < -0.3 is 24.6 Å². The van der Waals surface area contributed by atoms with E-state index in [1.807, 2.05) is 34.6 Å². The average molecular weight is 739 g/mol. The Labute approximate surface area is 318 Å². The maximum absolute atomic E-state index is 12.9. The Balaban J connectivity index is 0.000000166. The minimum atomic E-state index is -0.786. The molecule has 2 heterocycles. The quantitative estimate of drug-likeness (QED) is 0.124. The molecule has 0 saturated heterocycles. The molecule has 4 fully saturated rings. The number of hydrogen-bond donors (Lipinski definition) is 2. The number of carbonyl (C=O) groups is 3. The van der Waals surface area contributed by atoms with Crippen LogP contribution in [0.5, 0.6) is 0 Å². The Kier molecular flexibility index (Phi) is 11.5. The van der Waals surface area contributed by atoms with E-state index in [-0.39, 0.29) is 17.7 Å². The fourth-order valence-corrected chi connectivity index (χ4v) is 8.76. The number of alkyl carbamates (subject to hydrolysis) is 1. The third-order valence-corrected chi connectivity index (χ3v) is 11.6. The molecule has 2 aliphatic heterocycles. The number of isocyanates is 1. The normalized spacial score (nSPS) is 20.6. The average Bonchev–Trinajstić information content (AvgIpc) is 4.03. The first-order valence-corrected chi connectivity index (χ1v) is 19.8. The number of nitrogens with zero attached hydrogens (tertiary/aromatic N) is 1. The minimum Gasteiger partial charge on any atom is -0.507 e. The fourth-order valence-electron chi connectivity index (χ4n) is 8.76. The molecule has 4 saturated carbocycles. The number of benzene rings is 2. The Hall–Kier alpha value is -4.69. The van der Waals surface area contributed by atoms with Gasteiger partial charge in [-0.25, -0.2) is 24.2 Å². The molecule has 0 atom stereocenters. The molecule has 0 aromatic heterocycles. The third kappa shape index (κ3) is 7.76. The van der Waals surface area contributed by atoms with Gasteiger partial charge in [0.1, 0.15) is 11.1 Å². The van der Waals surface area contributed by atoms with E-state index < -0.39 is 17.3 Å². The van der Waals surface area contributed by atoms with Crippen LogP contribution in [0.3, 0.4) is 0 Å². The van der Waals surface area contributed by atoms with Crippen LogP contribution in [0.4, 0.5) is 4.79 Å². The van der Waals surface area contributed by atoms with Crippen LogP contribution in [-0.4, -0.2) is 53.5 Å². The lowest BCUT2D eigenvalue weighted by atomic mass is 9.89. The fraction of sp³-hybridized carbons (Fsp3) is 0.545. The molecule has 8 rings (SSSR count). The number of rotatable bonds is 7. The summed E-state index contributed by atoms with van der Waals surface area (Å²) in [4.78, 5) is 49.9. The molecule has 1 amide bonds. The predicted octanol–water partition coefficient (Wildman–Crippen LogP) is 9.17. The van der Waals surface area contributed by atoms with Gasteiger partial charge in [0.15, 0.2) is 22.7 Å². The van der Waals surface area contributed by atoms with Crippen molar-refractivity contribution < 1.29 is 38.5 Å². The summed E-state index contributed by atoms with van der Waals surface area (Å²) >= 11 is 0. The largest absolute Gasteiger partial charge is 0.507 e. The summed E-state index contributed by atoms with van der Waals surface area (Å²) in [7, 11) is 0. The first-order chi connectivity index (χ1) is 25.9. The van der Waals surface area contributed by atoms with Crippen LogP contribution in [0, 0.1) is 27.7 Å². The minimum absolute atomic E-state index is 0.167. The van der Waals surface area contributed by atoms with Gasteiger partial charge in [0.25, 0.3) is 0 Å². The molecule has 288 valence electrons. The highest BCUT2D eigenvalue weighted by Crippen LogP contribution is 2.51. The van der Waals surface area contributed by atoms with Crippen LogP contribution < -0.4 is 5.32 Å². The van der Waals surface area contributed by atoms with Crippen molar-refractivity contribution in [3.05, 3.63) is 80.3 Å². The number of aliphatic hydroxyl groups is 1. The molecule has 2 aromatic rings. The van der Waals surface area contributed by atoms with Gasteiger partial charge in [0.2, 0.25) is 6.08 Å². The molecule has 0 unspecified atom stereocenters. The van der Waals surface area contributed by atoms with E-state index in [1.54, 1.807) is 6.92 Å². The van der Waals surface area contributed by atoms with Crippen molar-refractivity contribution in [1.82, 2.24) is 5.32 Å². The predicted molar refractivity (Wildman–Crippen MR) is 206 cm³/mol. The highest BCUT2D eigenvalue weighted by atomic mass is 16.6. The van der Waals surface area contributed by atoms with Crippen molar-refractivity contribution >= 4 is 35.3 Å². The third-order valence-electron chi connectivity index (χ3n) is 11.6. The molecule has 2 aromatic carbocycles. The number of aliphatic imine (C=N–C) groups is 1. The number of amides is 1. The lowest BCUT2D eigenvalue weighted by Gasteiger charge is -2.24. The summed E-state index contributed by atoms with van der Waals surface area (Å²) < 4.78 is 17.2. The monoisotopic (exact) mass is 738 g/mol. The second kappa shape index (κ2) is 16.0. The maximum atomic E-state index is 12.9. The Morgan fingerprint density at radius 1 is 0.778 bits per heavy atom. The maximum Gasteiger partial charge on any atom is 0.412 e. The second-order valence-corrected chi connectivity index (χ2v) is 15.7. The molecule has 0 bridgehead atoms. The molecular weight excluding hydrogens is 684 g/mol. The lowest BCUT2D eigenvalue weighted by molar-refractivity contribution is -0.147. The number of esters is 2. The van der Waals surface area contributed by atoms with Crippen molar-refractivity contribution in [2.45, 2.75) is 142 Å². The topological polar surface area (TPSA) is 141 Å². The zero-order valence-corrected chi connectivity index (χ0v) is 32.6. The van der Waals surface area contributed by atoms with E-state index in [0.29, 0.717) is 54.7 Å². The zero-order valence-electron chi connectivity index (χ0n) is 32.6. The lowest BCUT2D eigenvalue weighted by Crippen LogP contribution is -2.33. The Bertz CT molecular complexity index is 1880. The van der Waals surface area contributed by atoms with Crippen molar-refractivity contribution in [2.24, 2.45) is 4.99 Å². The van der Waals surface area contributed by atoms with E-state index >= 15 is 0 Å². The van der Waals surface area contributed by atoms with Gasteiger partial charge in [-0.3, -0.25) is 0 Å². The first kappa shape index (κ1) is 39.0. The van der Waals surface area contributed by atoms with Crippen LogP contribution in [0.2, 0.25) is 0 Å². The van der Waals surface area contributed by atoms with Gasteiger partial charge in [-0.15, -0.1) is 0 Å². The van der Waals surface area contributed by atoms with Gasteiger partial charge in [-0.1, -0.05) is 24.3 Å². The van der Waals surface area contributed by atoms with Crippen LogP contribution in [-0.2, 0) is 28.6 Å². The molecular formula is C44H54N2O8. The van der Waals surface area contributed by atoms with Crippen molar-refractivity contribution in [3.63, 3.8) is 0 Å². The highest BCUT2D eigenvalue weighted by molar-refractivity contribution is 6.21. The molecule has 10 nitrogen and oxygen atoms in total. The first-order valence-electron chi connectivity index (χ1n) is 19.8. The molecule has 4 aliphatic carbocycles. The van der Waals surface area contributed by atoms with E-state index in [4.69, 9.17) is 19.0 Å². The van der Waals surface area contributed by atoms with Crippen LogP contribution >= 0.6 is 0 Å². The molecule has 2 spiro atoms. The van der Waals surface area contributed by atoms with Crippen molar-refractivity contribution in [3.8, 4) is 0 Å². The van der Waals surface area contributed by atoms with Gasteiger partial charge in [0.05, 0.1) is 0 Å². The summed E-state index contributed by atoms with van der Waals surface area (Å²) in [6, 6.07) is 8.69. The van der Waals surface area contributed by atoms with E-state index in [9.17, 15) is 19.5 Å². The van der Waals surface area contributed by atoms with Gasteiger partial charge in [-0.2, -0.15) is 0 Å². The summed E-state index contributed by atoms with van der Waals surface area (Å²) in [5, 5.41) is 13.4. The molecule has 6 aliphatic rings. The van der Waals surface area contributed by atoms with Gasteiger partial charge in [-0.05, 0) is 175 Å². The Morgan fingerprint density at radius 2 is 1.20 bits per heavy atom. The Morgan fingerprint density at radius 3 is 1.61 bits per heavy atom. The molecule has 0 radical (unpaired) electrons. The summed E-state index contributed by atoms with van der Waals surface area (Å²) in [6.07, 6.45) is 12.7. The standard InChI is InChI=1S/C22H27NO4.C19H22O3.C3H5NO/c1-4-23-21(25)26-19-18(20(24)27-22(19)9-5-6-10-22)17-13(2)11-16(12-14(17)3)15-7-8-15;1-11-9-14(13-5-6-13)10-12(2)15(11)16-17(20)19(22-18(16)21)7-3-4-8-19;1-2-4-3-5/h11-12,15H,4-10H2,1-3H3,(H,23,25);9-10,13,20H,3-8H2,1-2H3;2H2,1H3. The summed E-state index contributed by atoms with van der Waals surface area (Å²) in [6.45, 7) is 12.7. The van der Waals surface area contributed by atoms with E-state index in [2.05, 4.69) is 34.6 Å². The highest BCUT2D eigenvalue weighted by Gasteiger charge is 2.53. The SMILES string of the molecule is CCN=C=O.CCNC(=O)OC1=C(c2c(C)cc(C3CC3)cc2C)C(=O)OC12CCCC2.Cc1cc(C2CC2)cc(C)c1C1=C(O)C2(CCCC2)OC1=O. The van der Waals surface area contributed by atoms with Crippen LogP contribution in [0.25, 0.3) is 11.1 Å². The second-order valence-electron chi connectivity index (χ2n) is 15.7. The number of aryl methyl sites for hydroxylation is 4.